The number of thiophene rings is 1. The Hall–Kier alpha value is -3.31. The van der Waals surface area contributed by atoms with Gasteiger partial charge < -0.3 is 15.0 Å². The van der Waals surface area contributed by atoms with Gasteiger partial charge in [0.2, 0.25) is 0 Å². The summed E-state index contributed by atoms with van der Waals surface area (Å²) in [5.74, 6) is 1.10. The van der Waals surface area contributed by atoms with E-state index in [4.69, 9.17) is 10.5 Å². The van der Waals surface area contributed by atoms with Gasteiger partial charge in [-0.3, -0.25) is 4.79 Å². The van der Waals surface area contributed by atoms with Crippen LogP contribution < -0.4 is 10.5 Å². The first-order chi connectivity index (χ1) is 15.1. The predicted molar refractivity (Wildman–Crippen MR) is 127 cm³/mol. The summed E-state index contributed by atoms with van der Waals surface area (Å²) < 4.78 is 8.28. The first-order valence-corrected chi connectivity index (χ1v) is 11.3. The first-order valence-electron chi connectivity index (χ1n) is 10.5. The number of primary amides is 1. The molecule has 2 aromatic carbocycles. The van der Waals surface area contributed by atoms with Crippen LogP contribution in [0.1, 0.15) is 33.5 Å². The summed E-state index contributed by atoms with van der Waals surface area (Å²) in [5.41, 5.74) is 10.4. The van der Waals surface area contributed by atoms with Crippen molar-refractivity contribution >= 4 is 17.2 Å². The van der Waals surface area contributed by atoms with Crippen LogP contribution in [0, 0.1) is 6.92 Å². The monoisotopic (exact) mass is 430 g/mol. The molecule has 0 radical (unpaired) electrons. The van der Waals surface area contributed by atoms with Crippen LogP contribution in [0.25, 0.3) is 11.1 Å². The van der Waals surface area contributed by atoms with Crippen molar-refractivity contribution in [3.05, 3.63) is 93.9 Å². The number of ether oxygens (including phenoxy) is 1. The Morgan fingerprint density at radius 2 is 1.81 bits per heavy atom. The molecule has 1 amide bonds. The molecule has 0 aliphatic heterocycles. The maximum absolute atomic E-state index is 12.5. The smallest absolute Gasteiger partial charge is 0.251 e. The molecule has 31 heavy (non-hydrogen) atoms. The van der Waals surface area contributed by atoms with Gasteiger partial charge in [-0.25, -0.2) is 0 Å². The van der Waals surface area contributed by atoms with E-state index in [0.29, 0.717) is 5.56 Å². The fourth-order valence-corrected chi connectivity index (χ4v) is 4.80. The van der Waals surface area contributed by atoms with E-state index < -0.39 is 5.91 Å². The number of hydrogen-bond acceptors (Lipinski definition) is 3. The van der Waals surface area contributed by atoms with Gasteiger partial charge in [0, 0.05) is 28.4 Å². The minimum absolute atomic E-state index is 0.397. The predicted octanol–water partition coefficient (Wildman–Crippen LogP) is 6.22. The number of amides is 1. The van der Waals surface area contributed by atoms with Gasteiger partial charge in [0.25, 0.3) is 5.91 Å². The van der Waals surface area contributed by atoms with Crippen molar-refractivity contribution in [3.8, 4) is 22.6 Å². The van der Waals surface area contributed by atoms with Gasteiger partial charge in [0.05, 0.1) is 5.56 Å². The van der Waals surface area contributed by atoms with Crippen molar-refractivity contribution in [1.82, 2.24) is 4.57 Å². The lowest BCUT2D eigenvalue weighted by Gasteiger charge is -2.12. The molecule has 0 spiro atoms. The van der Waals surface area contributed by atoms with Crippen LogP contribution in [0.2, 0.25) is 0 Å². The van der Waals surface area contributed by atoms with Crippen molar-refractivity contribution in [1.29, 1.82) is 0 Å². The van der Waals surface area contributed by atoms with E-state index in [-0.39, 0.29) is 0 Å². The Bertz CT molecular complexity index is 1180. The molecular weight excluding hydrogens is 404 g/mol. The number of benzene rings is 2. The lowest BCUT2D eigenvalue weighted by atomic mass is 9.98. The average Bonchev–Trinajstić information content (AvgIpc) is 3.38. The number of carbonyl (C=O) groups excluding carboxylic acids is 1. The molecule has 0 unspecified atom stereocenters. The van der Waals surface area contributed by atoms with Crippen LogP contribution in [0.3, 0.4) is 0 Å². The Labute approximate surface area is 186 Å². The van der Waals surface area contributed by atoms with Crippen molar-refractivity contribution in [3.63, 3.8) is 0 Å². The lowest BCUT2D eigenvalue weighted by Crippen LogP contribution is -2.13. The molecule has 2 heterocycles. The summed E-state index contributed by atoms with van der Waals surface area (Å²) in [5, 5.41) is 2.09. The summed E-state index contributed by atoms with van der Waals surface area (Å²) in [7, 11) is 0. The molecule has 0 saturated heterocycles. The second-order valence-electron chi connectivity index (χ2n) is 7.42. The summed E-state index contributed by atoms with van der Waals surface area (Å²) in [6.45, 7) is 4.92. The molecule has 4 aromatic rings. The van der Waals surface area contributed by atoms with E-state index in [9.17, 15) is 4.79 Å². The first kappa shape index (κ1) is 20.9. The molecule has 0 bridgehead atoms. The summed E-state index contributed by atoms with van der Waals surface area (Å²) in [6, 6.07) is 21.8. The Kier molecular flexibility index (Phi) is 6.23. The summed E-state index contributed by atoms with van der Waals surface area (Å²) in [6.07, 6.45) is 1.73. The van der Waals surface area contributed by atoms with Crippen LogP contribution in [0.5, 0.6) is 11.5 Å². The quantitative estimate of drug-likeness (QED) is 0.361. The van der Waals surface area contributed by atoms with Gasteiger partial charge in [0.15, 0.2) is 0 Å². The van der Waals surface area contributed by atoms with E-state index >= 15 is 0 Å². The molecule has 2 N–H and O–H groups in total. The lowest BCUT2D eigenvalue weighted by molar-refractivity contribution is 0.1000. The van der Waals surface area contributed by atoms with E-state index in [1.807, 2.05) is 61.5 Å². The molecular formula is C26H26N2O2S. The van der Waals surface area contributed by atoms with Gasteiger partial charge in [-0.05, 0) is 61.0 Å². The highest BCUT2D eigenvalue weighted by Crippen LogP contribution is 2.36. The third-order valence-electron chi connectivity index (χ3n) is 5.48. The minimum Gasteiger partial charge on any atom is -0.457 e. The van der Waals surface area contributed by atoms with Crippen molar-refractivity contribution in [2.75, 3.05) is 0 Å². The Morgan fingerprint density at radius 3 is 2.48 bits per heavy atom. The van der Waals surface area contributed by atoms with Crippen LogP contribution in [0.15, 0.2) is 72.1 Å². The Balaban J connectivity index is 1.75. The number of aromatic nitrogens is 1. The highest BCUT2D eigenvalue weighted by molar-refractivity contribution is 7.09. The number of carbonyl (C=O) groups is 1. The zero-order valence-electron chi connectivity index (χ0n) is 17.8. The van der Waals surface area contributed by atoms with Gasteiger partial charge in [-0.2, -0.15) is 0 Å². The molecule has 2 aromatic heterocycles. The maximum Gasteiger partial charge on any atom is 0.251 e. The molecule has 0 saturated carbocycles. The number of nitrogens with zero attached hydrogens (tertiary/aromatic N) is 1. The van der Waals surface area contributed by atoms with E-state index in [2.05, 4.69) is 29.0 Å². The van der Waals surface area contributed by atoms with Gasteiger partial charge in [0.1, 0.15) is 11.5 Å². The molecule has 0 aliphatic carbocycles. The highest BCUT2D eigenvalue weighted by Gasteiger charge is 2.24. The second-order valence-corrected chi connectivity index (χ2v) is 8.46. The Morgan fingerprint density at radius 1 is 1.03 bits per heavy atom. The van der Waals surface area contributed by atoms with Gasteiger partial charge in [-0.1, -0.05) is 43.3 Å². The van der Waals surface area contributed by atoms with Gasteiger partial charge >= 0.3 is 0 Å². The molecule has 0 aliphatic rings. The minimum atomic E-state index is -0.397. The van der Waals surface area contributed by atoms with Crippen molar-refractivity contribution in [2.24, 2.45) is 5.73 Å². The molecule has 4 nitrogen and oxygen atoms in total. The third kappa shape index (κ3) is 4.42. The molecule has 0 fully saturated rings. The number of nitrogens with two attached hydrogens (primary N) is 1. The number of para-hydroxylation sites is 1. The van der Waals surface area contributed by atoms with E-state index in [0.717, 1.165) is 53.4 Å². The average molecular weight is 431 g/mol. The van der Waals surface area contributed by atoms with Crippen molar-refractivity contribution < 1.29 is 9.53 Å². The summed E-state index contributed by atoms with van der Waals surface area (Å²) >= 11 is 1.76. The fourth-order valence-electron chi connectivity index (χ4n) is 4.10. The van der Waals surface area contributed by atoms with Crippen LogP contribution >= 0.6 is 11.3 Å². The topological polar surface area (TPSA) is 57.2 Å². The normalized spacial score (nSPS) is 10.9. The van der Waals surface area contributed by atoms with Crippen molar-refractivity contribution in [2.45, 2.75) is 33.2 Å². The molecule has 158 valence electrons. The number of aryl methyl sites for hydroxylation is 1. The second kappa shape index (κ2) is 9.23. The highest BCUT2D eigenvalue weighted by atomic mass is 32.1. The van der Waals surface area contributed by atoms with Crippen LogP contribution in [-0.2, 0) is 19.4 Å². The zero-order chi connectivity index (χ0) is 21.8. The van der Waals surface area contributed by atoms with E-state index in [1.54, 1.807) is 11.3 Å². The van der Waals surface area contributed by atoms with Crippen LogP contribution in [-0.4, -0.2) is 10.5 Å². The molecule has 4 rings (SSSR count). The largest absolute Gasteiger partial charge is 0.457 e. The van der Waals surface area contributed by atoms with E-state index in [1.165, 1.54) is 4.88 Å². The SMILES string of the molecule is CCc1c(-c2cccc(Oc3ccccc3)c2)c(C(N)=O)c(C)n1CCc1cccs1. The van der Waals surface area contributed by atoms with Gasteiger partial charge in [-0.15, -0.1) is 11.3 Å². The zero-order valence-corrected chi connectivity index (χ0v) is 18.6. The number of rotatable bonds is 8. The standard InChI is InChI=1S/C26H26N2O2S/c1-3-23-25(19-9-7-12-21(17-19)30-20-10-5-4-6-11-20)24(26(27)29)18(2)28(23)15-14-22-13-8-16-31-22/h4-13,16-17H,3,14-15H2,1-2H3,(H2,27,29). The molecule has 5 heteroatoms. The maximum atomic E-state index is 12.5. The third-order valence-corrected chi connectivity index (χ3v) is 6.41. The molecule has 0 atom stereocenters. The number of hydrogen-bond donors (Lipinski definition) is 1. The fraction of sp³-hybridized carbons (Fsp3) is 0.192. The van der Waals surface area contributed by atoms with Crippen LogP contribution in [0.4, 0.5) is 0 Å². The summed E-state index contributed by atoms with van der Waals surface area (Å²) in [4.78, 5) is 13.8.